The molecule has 3 heteroatoms. The van der Waals surface area contributed by atoms with E-state index < -0.39 is 0 Å². The number of nitrogens with zero attached hydrogens (tertiary/aromatic N) is 1. The van der Waals surface area contributed by atoms with Gasteiger partial charge in [0.2, 0.25) is 0 Å². The van der Waals surface area contributed by atoms with E-state index in [2.05, 4.69) is 24.1 Å². The normalized spacial score (nSPS) is 12.7. The van der Waals surface area contributed by atoms with Crippen LogP contribution in [0, 0.1) is 0 Å². The lowest BCUT2D eigenvalue weighted by molar-refractivity contribution is 0.765. The average molecular weight is 235 g/mol. The minimum absolute atomic E-state index is 0.449. The van der Waals surface area contributed by atoms with Crippen molar-refractivity contribution >= 4 is 28.2 Å². The van der Waals surface area contributed by atoms with Gasteiger partial charge in [0.05, 0.1) is 5.52 Å². The molecule has 0 aliphatic rings. The summed E-state index contributed by atoms with van der Waals surface area (Å²) in [5, 5.41) is 5.29. The van der Waals surface area contributed by atoms with Crippen molar-refractivity contribution in [3.05, 3.63) is 35.5 Å². The summed E-state index contributed by atoms with van der Waals surface area (Å²) in [4.78, 5) is 4.32. The number of benzene rings is 1. The summed E-state index contributed by atoms with van der Waals surface area (Å²) in [7, 11) is 0. The van der Waals surface area contributed by atoms with Crippen LogP contribution in [0.4, 0.5) is 5.69 Å². The van der Waals surface area contributed by atoms with Crippen molar-refractivity contribution in [1.29, 1.82) is 0 Å². The topological polar surface area (TPSA) is 24.9 Å². The standard InChI is InChI=1S/C13H15ClN2/c1-3-9(2)16-13-6-7-15-12-5-4-10(14)8-11(12)13/h4-9H,3H2,1-2H3,(H,15,16). The summed E-state index contributed by atoms with van der Waals surface area (Å²) >= 11 is 6.01. The number of hydrogen-bond donors (Lipinski definition) is 1. The molecule has 0 amide bonds. The predicted molar refractivity (Wildman–Crippen MR) is 70.1 cm³/mol. The molecular weight excluding hydrogens is 220 g/mol. The summed E-state index contributed by atoms with van der Waals surface area (Å²) in [6.45, 7) is 4.32. The largest absolute Gasteiger partial charge is 0.382 e. The number of aromatic nitrogens is 1. The predicted octanol–water partition coefficient (Wildman–Crippen LogP) is 4.10. The molecule has 0 aliphatic carbocycles. The van der Waals surface area contributed by atoms with Crippen molar-refractivity contribution in [2.45, 2.75) is 26.3 Å². The number of fused-ring (bicyclic) bond motifs is 1. The van der Waals surface area contributed by atoms with E-state index in [4.69, 9.17) is 11.6 Å². The highest BCUT2D eigenvalue weighted by Gasteiger charge is 2.04. The lowest BCUT2D eigenvalue weighted by Crippen LogP contribution is -2.13. The third kappa shape index (κ3) is 2.27. The smallest absolute Gasteiger partial charge is 0.0723 e. The third-order valence-electron chi connectivity index (χ3n) is 2.72. The van der Waals surface area contributed by atoms with Crippen LogP contribution in [0.2, 0.25) is 5.02 Å². The number of pyridine rings is 1. The van der Waals surface area contributed by atoms with Crippen molar-refractivity contribution in [1.82, 2.24) is 4.98 Å². The number of hydrogen-bond acceptors (Lipinski definition) is 2. The SMILES string of the molecule is CCC(C)Nc1ccnc2ccc(Cl)cc12. The molecule has 1 aromatic carbocycles. The Morgan fingerprint density at radius 1 is 1.38 bits per heavy atom. The van der Waals surface area contributed by atoms with Crippen LogP contribution in [0.1, 0.15) is 20.3 Å². The van der Waals surface area contributed by atoms with Crippen molar-refractivity contribution in [3.63, 3.8) is 0 Å². The van der Waals surface area contributed by atoms with Crippen LogP contribution in [0.25, 0.3) is 10.9 Å². The van der Waals surface area contributed by atoms with Gasteiger partial charge < -0.3 is 5.32 Å². The second-order valence-corrected chi connectivity index (χ2v) is 4.41. The average Bonchev–Trinajstić information content (AvgIpc) is 2.29. The number of rotatable bonds is 3. The summed E-state index contributed by atoms with van der Waals surface area (Å²) in [5.74, 6) is 0. The molecule has 1 aromatic heterocycles. The maximum absolute atomic E-state index is 6.01. The molecule has 1 heterocycles. The van der Waals surface area contributed by atoms with Gasteiger partial charge in [-0.1, -0.05) is 18.5 Å². The molecule has 0 saturated heterocycles. The Hall–Kier alpha value is -1.28. The molecule has 2 nitrogen and oxygen atoms in total. The first-order chi connectivity index (χ1) is 7.70. The molecule has 0 saturated carbocycles. The summed E-state index contributed by atoms with van der Waals surface area (Å²) in [6, 6.07) is 8.20. The summed E-state index contributed by atoms with van der Waals surface area (Å²) < 4.78 is 0. The van der Waals surface area contributed by atoms with E-state index in [0.717, 1.165) is 28.0 Å². The van der Waals surface area contributed by atoms with Gasteiger partial charge in [0.1, 0.15) is 0 Å². The van der Waals surface area contributed by atoms with Gasteiger partial charge in [0.15, 0.2) is 0 Å². The fourth-order valence-corrected chi connectivity index (χ4v) is 1.78. The first kappa shape index (κ1) is 11.2. The lowest BCUT2D eigenvalue weighted by atomic mass is 10.1. The molecule has 1 unspecified atom stereocenters. The molecule has 1 N–H and O–H groups in total. The zero-order valence-electron chi connectivity index (χ0n) is 9.50. The monoisotopic (exact) mass is 234 g/mol. The van der Waals surface area contributed by atoms with Crippen molar-refractivity contribution < 1.29 is 0 Å². The molecule has 84 valence electrons. The fourth-order valence-electron chi connectivity index (χ4n) is 1.61. The van der Waals surface area contributed by atoms with Gasteiger partial charge in [0, 0.05) is 28.3 Å². The molecule has 2 aromatic rings. The molecule has 0 fully saturated rings. The van der Waals surface area contributed by atoms with E-state index in [1.54, 1.807) is 0 Å². The maximum atomic E-state index is 6.01. The Balaban J connectivity index is 2.47. The molecule has 0 bridgehead atoms. The molecule has 1 atom stereocenters. The second-order valence-electron chi connectivity index (χ2n) is 3.97. The zero-order chi connectivity index (χ0) is 11.5. The quantitative estimate of drug-likeness (QED) is 0.865. The lowest BCUT2D eigenvalue weighted by Gasteiger charge is -2.14. The Morgan fingerprint density at radius 2 is 2.19 bits per heavy atom. The van der Waals surface area contributed by atoms with E-state index in [1.807, 2.05) is 30.5 Å². The maximum Gasteiger partial charge on any atom is 0.0723 e. The Labute approximate surface area is 101 Å². The highest BCUT2D eigenvalue weighted by molar-refractivity contribution is 6.31. The van der Waals surface area contributed by atoms with Gasteiger partial charge in [-0.05, 0) is 37.6 Å². The first-order valence-corrected chi connectivity index (χ1v) is 5.89. The molecule has 16 heavy (non-hydrogen) atoms. The van der Waals surface area contributed by atoms with Gasteiger partial charge in [0.25, 0.3) is 0 Å². The van der Waals surface area contributed by atoms with E-state index in [-0.39, 0.29) is 0 Å². The molecule has 0 aliphatic heterocycles. The van der Waals surface area contributed by atoms with Crippen LogP contribution in [-0.2, 0) is 0 Å². The van der Waals surface area contributed by atoms with E-state index in [9.17, 15) is 0 Å². The molecular formula is C13H15ClN2. The Kier molecular flexibility index (Phi) is 3.30. The molecule has 0 radical (unpaired) electrons. The minimum atomic E-state index is 0.449. The van der Waals surface area contributed by atoms with Crippen LogP contribution in [-0.4, -0.2) is 11.0 Å². The summed E-state index contributed by atoms with van der Waals surface area (Å²) in [5.41, 5.74) is 2.07. The first-order valence-electron chi connectivity index (χ1n) is 5.51. The highest BCUT2D eigenvalue weighted by atomic mass is 35.5. The number of halogens is 1. The Bertz CT molecular complexity index is 496. The van der Waals surface area contributed by atoms with Crippen molar-refractivity contribution in [2.24, 2.45) is 0 Å². The van der Waals surface area contributed by atoms with Crippen molar-refractivity contribution in [3.8, 4) is 0 Å². The van der Waals surface area contributed by atoms with Gasteiger partial charge >= 0.3 is 0 Å². The van der Waals surface area contributed by atoms with E-state index >= 15 is 0 Å². The zero-order valence-corrected chi connectivity index (χ0v) is 10.3. The van der Waals surface area contributed by atoms with Gasteiger partial charge in [-0.3, -0.25) is 4.98 Å². The van der Waals surface area contributed by atoms with Crippen LogP contribution >= 0.6 is 11.6 Å². The van der Waals surface area contributed by atoms with Crippen molar-refractivity contribution in [2.75, 3.05) is 5.32 Å². The van der Waals surface area contributed by atoms with Crippen LogP contribution in [0.15, 0.2) is 30.5 Å². The van der Waals surface area contributed by atoms with Gasteiger partial charge in [-0.25, -0.2) is 0 Å². The third-order valence-corrected chi connectivity index (χ3v) is 2.95. The summed E-state index contributed by atoms with van der Waals surface area (Å²) in [6.07, 6.45) is 2.91. The second kappa shape index (κ2) is 4.71. The Morgan fingerprint density at radius 3 is 2.94 bits per heavy atom. The molecule has 2 rings (SSSR count). The van der Waals surface area contributed by atoms with E-state index in [1.165, 1.54) is 0 Å². The van der Waals surface area contributed by atoms with Crippen LogP contribution < -0.4 is 5.32 Å². The molecule has 0 spiro atoms. The fraction of sp³-hybridized carbons (Fsp3) is 0.308. The van der Waals surface area contributed by atoms with Crippen LogP contribution in [0.3, 0.4) is 0 Å². The van der Waals surface area contributed by atoms with Crippen LogP contribution in [0.5, 0.6) is 0 Å². The van der Waals surface area contributed by atoms with Gasteiger partial charge in [-0.15, -0.1) is 0 Å². The highest BCUT2D eigenvalue weighted by Crippen LogP contribution is 2.25. The number of nitrogens with one attached hydrogen (secondary N) is 1. The number of anilines is 1. The van der Waals surface area contributed by atoms with Gasteiger partial charge in [-0.2, -0.15) is 0 Å². The minimum Gasteiger partial charge on any atom is -0.382 e. The van der Waals surface area contributed by atoms with E-state index in [0.29, 0.717) is 6.04 Å².